The van der Waals surface area contributed by atoms with Crippen molar-refractivity contribution in [2.75, 3.05) is 31.9 Å². The average molecular weight is 482 g/mol. The number of hydrogen-bond acceptors (Lipinski definition) is 7. The Morgan fingerprint density at radius 3 is 2.31 bits per heavy atom. The van der Waals surface area contributed by atoms with E-state index >= 15 is 0 Å². The molecule has 0 atom stereocenters. The van der Waals surface area contributed by atoms with E-state index in [0.29, 0.717) is 17.3 Å². The van der Waals surface area contributed by atoms with Crippen LogP contribution in [0.1, 0.15) is 31.7 Å². The first-order valence-corrected chi connectivity index (χ1v) is 12.9. The highest BCUT2D eigenvalue weighted by atomic mass is 16.5. The van der Waals surface area contributed by atoms with E-state index in [1.54, 1.807) is 6.33 Å². The summed E-state index contributed by atoms with van der Waals surface area (Å²) in [5.74, 6) is 2.07. The highest BCUT2D eigenvalue weighted by Crippen LogP contribution is 2.61. The van der Waals surface area contributed by atoms with Gasteiger partial charge in [0.25, 0.3) is 0 Å². The smallest absolute Gasteiger partial charge is 0.164 e. The molecule has 8 nitrogen and oxygen atoms in total. The molecule has 2 aromatic carbocycles. The van der Waals surface area contributed by atoms with Crippen LogP contribution in [0.4, 0.5) is 5.82 Å². The monoisotopic (exact) mass is 481 g/mol. The van der Waals surface area contributed by atoms with Gasteiger partial charge in [0.1, 0.15) is 29.3 Å². The van der Waals surface area contributed by atoms with E-state index < -0.39 is 0 Å². The lowest BCUT2D eigenvalue weighted by atomic mass is 9.51. The van der Waals surface area contributed by atoms with Crippen molar-refractivity contribution in [3.05, 3.63) is 60.9 Å². The molecule has 1 spiro atoms. The molecule has 2 aromatic heterocycles. The Morgan fingerprint density at radius 1 is 0.861 bits per heavy atom. The molecule has 0 bridgehead atoms. The van der Waals surface area contributed by atoms with Crippen molar-refractivity contribution in [3.63, 3.8) is 0 Å². The zero-order valence-corrected chi connectivity index (χ0v) is 20.3. The molecule has 3 N–H and O–H groups in total. The van der Waals surface area contributed by atoms with Crippen molar-refractivity contribution < 1.29 is 4.74 Å². The zero-order valence-electron chi connectivity index (χ0n) is 20.3. The van der Waals surface area contributed by atoms with Gasteiger partial charge in [0.05, 0.1) is 11.4 Å². The molecule has 184 valence electrons. The van der Waals surface area contributed by atoms with Gasteiger partial charge in [-0.1, -0.05) is 18.2 Å². The molecule has 2 aliphatic carbocycles. The number of ether oxygens (including phenoxy) is 1. The highest BCUT2D eigenvalue weighted by Gasteiger charge is 2.55. The van der Waals surface area contributed by atoms with Crippen molar-refractivity contribution in [3.8, 4) is 22.8 Å². The summed E-state index contributed by atoms with van der Waals surface area (Å²) in [6.45, 7) is 4.61. The van der Waals surface area contributed by atoms with Crippen LogP contribution in [0.15, 0.2) is 60.9 Å². The number of aromatic nitrogens is 4. The Morgan fingerprint density at radius 2 is 1.56 bits per heavy atom. The van der Waals surface area contributed by atoms with Gasteiger partial charge in [-0.05, 0) is 67.5 Å². The second kappa shape index (κ2) is 8.57. The lowest BCUT2D eigenvalue weighted by Crippen LogP contribution is -2.59. The van der Waals surface area contributed by atoms with Crippen LogP contribution in [-0.2, 0) is 0 Å². The van der Waals surface area contributed by atoms with Crippen molar-refractivity contribution in [1.82, 2.24) is 30.0 Å². The molecule has 0 amide bonds. The quantitative estimate of drug-likeness (QED) is 0.440. The molecule has 3 aliphatic rings. The molecule has 2 saturated carbocycles. The van der Waals surface area contributed by atoms with Crippen LogP contribution in [-0.4, -0.2) is 56.9 Å². The zero-order chi connectivity index (χ0) is 24.1. The predicted molar refractivity (Wildman–Crippen MR) is 140 cm³/mol. The number of nitrogens with one attached hydrogen (secondary N) is 1. The molecule has 36 heavy (non-hydrogen) atoms. The summed E-state index contributed by atoms with van der Waals surface area (Å²) in [6, 6.07) is 18.9. The van der Waals surface area contributed by atoms with Gasteiger partial charge >= 0.3 is 0 Å². The number of para-hydroxylation sites is 1. The number of nitrogens with zero attached hydrogens (tertiary/aromatic N) is 5. The molecule has 1 aliphatic heterocycles. The number of benzene rings is 2. The van der Waals surface area contributed by atoms with Crippen molar-refractivity contribution in [1.29, 1.82) is 0 Å². The number of fused-ring (bicyclic) bond motifs is 1. The van der Waals surface area contributed by atoms with E-state index in [9.17, 15) is 0 Å². The molecule has 4 aromatic rings. The Hall–Kier alpha value is -3.49. The van der Waals surface area contributed by atoms with Crippen LogP contribution in [0, 0.1) is 5.41 Å². The third-order valence-electron chi connectivity index (χ3n) is 8.31. The fraction of sp³-hybridized carbons (Fsp3) is 0.393. The van der Waals surface area contributed by atoms with E-state index in [1.807, 2.05) is 54.6 Å². The van der Waals surface area contributed by atoms with Crippen LogP contribution in [0.5, 0.6) is 11.5 Å². The SMILES string of the molecule is Nc1ncnc2c1c(-c1ccc(Oc3ccccc3)cc1)nn2C1CC2(CC(N3CCNCC3)C2)C1. The maximum Gasteiger partial charge on any atom is 0.164 e. The van der Waals surface area contributed by atoms with E-state index in [0.717, 1.165) is 52.9 Å². The summed E-state index contributed by atoms with van der Waals surface area (Å²) in [6.07, 6.45) is 6.51. The Kier molecular flexibility index (Phi) is 5.18. The minimum atomic E-state index is 0.361. The van der Waals surface area contributed by atoms with Crippen LogP contribution in [0.3, 0.4) is 0 Å². The summed E-state index contributed by atoms with van der Waals surface area (Å²) < 4.78 is 8.07. The lowest BCUT2D eigenvalue weighted by Gasteiger charge is -2.60. The number of anilines is 1. The molecule has 3 heterocycles. The number of hydrogen-bond donors (Lipinski definition) is 2. The fourth-order valence-electron chi connectivity index (χ4n) is 6.45. The molecule has 7 rings (SSSR count). The van der Waals surface area contributed by atoms with Gasteiger partial charge in [0.2, 0.25) is 0 Å². The first kappa shape index (κ1) is 21.8. The number of piperazine rings is 1. The summed E-state index contributed by atoms with van der Waals surface area (Å²) in [5.41, 5.74) is 9.48. The van der Waals surface area contributed by atoms with Crippen LogP contribution in [0.25, 0.3) is 22.3 Å². The first-order chi connectivity index (χ1) is 17.7. The van der Waals surface area contributed by atoms with E-state index in [1.165, 1.54) is 38.8 Å². The van der Waals surface area contributed by atoms with Crippen LogP contribution in [0.2, 0.25) is 0 Å². The second-order valence-electron chi connectivity index (χ2n) is 10.6. The van der Waals surface area contributed by atoms with Gasteiger partial charge in [0.15, 0.2) is 5.65 Å². The molecule has 3 fully saturated rings. The summed E-state index contributed by atoms with van der Waals surface area (Å²) in [7, 11) is 0. The second-order valence-corrected chi connectivity index (χ2v) is 10.6. The molecule has 0 radical (unpaired) electrons. The minimum Gasteiger partial charge on any atom is -0.457 e. The summed E-state index contributed by atoms with van der Waals surface area (Å²) >= 11 is 0. The van der Waals surface area contributed by atoms with E-state index in [2.05, 4.69) is 24.9 Å². The molecule has 8 heteroatoms. The number of rotatable bonds is 5. The van der Waals surface area contributed by atoms with Crippen LogP contribution < -0.4 is 15.8 Å². The molecular weight excluding hydrogens is 450 g/mol. The third kappa shape index (κ3) is 3.72. The van der Waals surface area contributed by atoms with Gasteiger partial charge in [-0.25, -0.2) is 14.6 Å². The Labute approximate surface area is 210 Å². The van der Waals surface area contributed by atoms with Gasteiger partial charge in [-0.15, -0.1) is 0 Å². The van der Waals surface area contributed by atoms with Crippen LogP contribution >= 0.6 is 0 Å². The first-order valence-electron chi connectivity index (χ1n) is 12.9. The summed E-state index contributed by atoms with van der Waals surface area (Å²) in [5, 5.41) is 9.36. The molecule has 1 saturated heterocycles. The third-order valence-corrected chi connectivity index (χ3v) is 8.31. The van der Waals surface area contributed by atoms with Crippen molar-refractivity contribution in [2.45, 2.75) is 37.8 Å². The Bertz CT molecular complexity index is 1360. The fourth-order valence-corrected chi connectivity index (χ4v) is 6.45. The normalized spacial score (nSPS) is 26.0. The largest absolute Gasteiger partial charge is 0.457 e. The maximum atomic E-state index is 6.35. The van der Waals surface area contributed by atoms with Gasteiger partial charge in [-0.2, -0.15) is 5.10 Å². The minimum absolute atomic E-state index is 0.361. The van der Waals surface area contributed by atoms with E-state index in [4.69, 9.17) is 15.6 Å². The predicted octanol–water partition coefficient (Wildman–Crippen LogP) is 4.26. The average Bonchev–Trinajstić information content (AvgIpc) is 3.25. The van der Waals surface area contributed by atoms with Gasteiger partial charge < -0.3 is 15.8 Å². The summed E-state index contributed by atoms with van der Waals surface area (Å²) in [4.78, 5) is 11.6. The van der Waals surface area contributed by atoms with Gasteiger partial charge in [-0.3, -0.25) is 4.90 Å². The van der Waals surface area contributed by atoms with Gasteiger partial charge in [0, 0.05) is 37.8 Å². The number of nitrogens with two attached hydrogens (primary N) is 1. The highest BCUT2D eigenvalue weighted by molar-refractivity contribution is 5.98. The van der Waals surface area contributed by atoms with E-state index in [-0.39, 0.29) is 0 Å². The van der Waals surface area contributed by atoms with Crippen molar-refractivity contribution in [2.24, 2.45) is 5.41 Å². The Balaban J connectivity index is 1.11. The number of nitrogen functional groups attached to an aromatic ring is 1. The maximum absolute atomic E-state index is 6.35. The molecular formula is C28H31N7O. The standard InChI is InChI=1S/C28H31N7O/c29-26-24-25(19-6-8-23(9-7-19)36-22-4-2-1-3-5-22)33-35(27(24)32-18-31-26)21-16-28(17-21)14-20(15-28)34-12-10-30-11-13-34/h1-9,18,20-21,30H,10-17H2,(H2,29,31,32). The molecule has 0 unspecified atom stereocenters. The lowest BCUT2D eigenvalue weighted by molar-refractivity contribution is -0.0868. The van der Waals surface area contributed by atoms with Crippen molar-refractivity contribution >= 4 is 16.9 Å². The topological polar surface area (TPSA) is 94.1 Å².